The number of ether oxygens (including phenoxy) is 1. The third-order valence-electron chi connectivity index (χ3n) is 3.78. The van der Waals surface area contributed by atoms with Gasteiger partial charge in [-0.2, -0.15) is 0 Å². The largest absolute Gasteiger partial charge is 0.500 e. The normalized spacial score (nSPS) is 21.6. The Kier molecular flexibility index (Phi) is 3.38. The van der Waals surface area contributed by atoms with Crippen LogP contribution in [-0.2, 0) is 9.53 Å². The Bertz CT molecular complexity index is 629. The number of hydrogen-bond donors (Lipinski definition) is 0. The molecule has 2 aromatic carbocycles. The fraction of sp³-hybridized carbons (Fsp3) is 0.167. The van der Waals surface area contributed by atoms with Crippen LogP contribution in [0.1, 0.15) is 23.0 Å². The molecule has 0 heterocycles. The molecule has 2 heteroatoms. The first-order valence-electron chi connectivity index (χ1n) is 6.70. The number of allylic oxidation sites excluding steroid dienone is 2. The molecule has 20 heavy (non-hydrogen) atoms. The van der Waals surface area contributed by atoms with Crippen LogP contribution in [0.4, 0.5) is 0 Å². The highest BCUT2D eigenvalue weighted by atomic mass is 16.5. The molecule has 3 rings (SSSR count). The number of hydrogen-bond acceptors (Lipinski definition) is 2. The lowest BCUT2D eigenvalue weighted by molar-refractivity contribution is -0.115. The lowest BCUT2D eigenvalue weighted by atomic mass is 9.82. The monoisotopic (exact) mass is 264 g/mol. The van der Waals surface area contributed by atoms with E-state index >= 15 is 0 Å². The van der Waals surface area contributed by atoms with Gasteiger partial charge in [0.1, 0.15) is 5.76 Å². The Morgan fingerprint density at radius 1 is 0.800 bits per heavy atom. The molecular formula is C18H16O2. The minimum absolute atomic E-state index is 0.0314. The molecule has 2 atom stereocenters. The molecule has 0 amide bonds. The molecule has 2 unspecified atom stereocenters. The fourth-order valence-electron chi connectivity index (χ4n) is 2.87. The van der Waals surface area contributed by atoms with Gasteiger partial charge in [-0.15, -0.1) is 0 Å². The highest BCUT2D eigenvalue weighted by molar-refractivity contribution is 6.00. The lowest BCUT2D eigenvalue weighted by Gasteiger charge is -2.22. The van der Waals surface area contributed by atoms with Gasteiger partial charge in [-0.25, -0.2) is 0 Å². The summed E-state index contributed by atoms with van der Waals surface area (Å²) >= 11 is 0. The van der Waals surface area contributed by atoms with E-state index in [4.69, 9.17) is 4.74 Å². The predicted octanol–water partition coefficient (Wildman–Crippen LogP) is 3.67. The fourth-order valence-corrected chi connectivity index (χ4v) is 2.87. The minimum Gasteiger partial charge on any atom is -0.500 e. The summed E-state index contributed by atoms with van der Waals surface area (Å²) in [6.07, 6.45) is 1.63. The zero-order valence-corrected chi connectivity index (χ0v) is 11.3. The zero-order chi connectivity index (χ0) is 13.9. The molecule has 100 valence electrons. The number of benzene rings is 2. The van der Waals surface area contributed by atoms with Crippen molar-refractivity contribution in [2.24, 2.45) is 0 Å². The molecular weight excluding hydrogens is 248 g/mol. The van der Waals surface area contributed by atoms with Crippen LogP contribution < -0.4 is 0 Å². The maximum absolute atomic E-state index is 12.4. The Balaban J connectivity index is 2.07. The van der Waals surface area contributed by atoms with E-state index in [0.717, 1.165) is 16.9 Å². The summed E-state index contributed by atoms with van der Waals surface area (Å²) in [4.78, 5) is 12.4. The molecule has 0 spiro atoms. The average Bonchev–Trinajstić information content (AvgIpc) is 2.85. The molecule has 0 saturated heterocycles. The Morgan fingerprint density at radius 2 is 1.30 bits per heavy atom. The molecule has 0 fully saturated rings. The topological polar surface area (TPSA) is 26.3 Å². The van der Waals surface area contributed by atoms with Crippen molar-refractivity contribution in [2.45, 2.75) is 11.8 Å². The van der Waals surface area contributed by atoms with Gasteiger partial charge in [0.25, 0.3) is 0 Å². The van der Waals surface area contributed by atoms with Crippen molar-refractivity contribution in [1.82, 2.24) is 0 Å². The minimum atomic E-state index is -0.187. The van der Waals surface area contributed by atoms with Crippen molar-refractivity contribution in [3.8, 4) is 0 Å². The molecule has 0 saturated carbocycles. The molecule has 0 radical (unpaired) electrons. The van der Waals surface area contributed by atoms with Crippen LogP contribution in [0.25, 0.3) is 0 Å². The van der Waals surface area contributed by atoms with Gasteiger partial charge in [0, 0.05) is 6.08 Å². The Morgan fingerprint density at radius 3 is 1.80 bits per heavy atom. The van der Waals surface area contributed by atoms with Gasteiger partial charge in [0.15, 0.2) is 5.78 Å². The van der Waals surface area contributed by atoms with Gasteiger partial charge in [0.2, 0.25) is 0 Å². The van der Waals surface area contributed by atoms with Crippen LogP contribution in [-0.4, -0.2) is 12.9 Å². The van der Waals surface area contributed by atoms with E-state index in [0.29, 0.717) is 0 Å². The van der Waals surface area contributed by atoms with Gasteiger partial charge in [0.05, 0.1) is 18.9 Å². The Hall–Kier alpha value is -2.35. The standard InChI is InChI=1S/C18H16O2/c1-20-16-12-15(19)17(13-8-4-2-5-9-13)18(16)14-10-6-3-7-11-14/h2-12,17-18H,1H3. The average molecular weight is 264 g/mol. The first-order valence-corrected chi connectivity index (χ1v) is 6.70. The molecule has 2 nitrogen and oxygen atoms in total. The molecule has 0 N–H and O–H groups in total. The number of rotatable bonds is 3. The second-order valence-electron chi connectivity index (χ2n) is 4.93. The predicted molar refractivity (Wildman–Crippen MR) is 78.5 cm³/mol. The van der Waals surface area contributed by atoms with Crippen LogP contribution in [0.2, 0.25) is 0 Å². The van der Waals surface area contributed by atoms with Gasteiger partial charge in [-0.1, -0.05) is 60.7 Å². The summed E-state index contributed by atoms with van der Waals surface area (Å²) in [5.41, 5.74) is 2.15. The number of ketones is 1. The maximum atomic E-state index is 12.4. The first kappa shape index (κ1) is 12.7. The first-order chi connectivity index (χ1) is 9.81. The van der Waals surface area contributed by atoms with Gasteiger partial charge < -0.3 is 4.74 Å². The zero-order valence-electron chi connectivity index (χ0n) is 11.3. The molecule has 1 aliphatic rings. The molecule has 1 aliphatic carbocycles. The smallest absolute Gasteiger partial charge is 0.167 e. The van der Waals surface area contributed by atoms with Crippen molar-refractivity contribution >= 4 is 5.78 Å². The molecule has 0 aliphatic heterocycles. The van der Waals surface area contributed by atoms with Crippen molar-refractivity contribution in [3.63, 3.8) is 0 Å². The van der Waals surface area contributed by atoms with Crippen LogP contribution in [0.3, 0.4) is 0 Å². The third-order valence-corrected chi connectivity index (χ3v) is 3.78. The van der Waals surface area contributed by atoms with E-state index in [2.05, 4.69) is 0 Å². The Labute approximate surface area is 118 Å². The highest BCUT2D eigenvalue weighted by Gasteiger charge is 2.39. The van der Waals surface area contributed by atoms with E-state index in [9.17, 15) is 4.79 Å². The summed E-state index contributed by atoms with van der Waals surface area (Å²) in [5, 5.41) is 0. The van der Waals surface area contributed by atoms with Crippen molar-refractivity contribution in [2.75, 3.05) is 7.11 Å². The van der Waals surface area contributed by atoms with Crippen LogP contribution in [0.5, 0.6) is 0 Å². The summed E-state index contributed by atoms with van der Waals surface area (Å²) in [5.74, 6) is 0.640. The van der Waals surface area contributed by atoms with Crippen LogP contribution in [0.15, 0.2) is 72.5 Å². The van der Waals surface area contributed by atoms with Crippen molar-refractivity contribution < 1.29 is 9.53 Å². The molecule has 0 aromatic heterocycles. The number of carbonyl (C=O) groups is 1. The number of methoxy groups -OCH3 is 1. The van der Waals surface area contributed by atoms with Crippen LogP contribution in [0, 0.1) is 0 Å². The number of carbonyl (C=O) groups excluding carboxylic acids is 1. The summed E-state index contributed by atoms with van der Waals surface area (Å²) < 4.78 is 5.44. The summed E-state index contributed by atoms with van der Waals surface area (Å²) in [7, 11) is 1.63. The second-order valence-corrected chi connectivity index (χ2v) is 4.93. The van der Waals surface area contributed by atoms with E-state index < -0.39 is 0 Å². The third kappa shape index (κ3) is 2.14. The van der Waals surface area contributed by atoms with E-state index in [-0.39, 0.29) is 17.6 Å². The van der Waals surface area contributed by atoms with Gasteiger partial charge >= 0.3 is 0 Å². The summed E-state index contributed by atoms with van der Waals surface area (Å²) in [6.45, 7) is 0. The second kappa shape index (κ2) is 5.33. The molecule has 0 bridgehead atoms. The summed E-state index contributed by atoms with van der Waals surface area (Å²) in [6, 6.07) is 20.0. The molecule has 2 aromatic rings. The maximum Gasteiger partial charge on any atom is 0.167 e. The lowest BCUT2D eigenvalue weighted by Crippen LogP contribution is -2.14. The van der Waals surface area contributed by atoms with E-state index in [1.54, 1.807) is 13.2 Å². The van der Waals surface area contributed by atoms with E-state index in [1.807, 2.05) is 60.7 Å². The van der Waals surface area contributed by atoms with E-state index in [1.165, 1.54) is 0 Å². The van der Waals surface area contributed by atoms with Gasteiger partial charge in [-0.3, -0.25) is 4.79 Å². The quantitative estimate of drug-likeness (QED) is 0.845. The van der Waals surface area contributed by atoms with Crippen molar-refractivity contribution in [3.05, 3.63) is 83.6 Å². The SMILES string of the molecule is COC1=CC(=O)C(c2ccccc2)C1c1ccccc1. The van der Waals surface area contributed by atoms with Gasteiger partial charge in [-0.05, 0) is 11.1 Å². The van der Waals surface area contributed by atoms with Crippen LogP contribution >= 0.6 is 0 Å². The van der Waals surface area contributed by atoms with Crippen molar-refractivity contribution in [1.29, 1.82) is 0 Å². The highest BCUT2D eigenvalue weighted by Crippen LogP contribution is 2.44.